The van der Waals surface area contributed by atoms with Gasteiger partial charge in [-0.25, -0.2) is 9.97 Å². The number of ether oxygens (including phenoxy) is 1. The molecule has 3 fully saturated rings. The highest BCUT2D eigenvalue weighted by molar-refractivity contribution is 5.77. The molecule has 3 aliphatic rings. The molecule has 3 saturated heterocycles. The van der Waals surface area contributed by atoms with E-state index in [0.717, 1.165) is 38.4 Å². The van der Waals surface area contributed by atoms with E-state index < -0.39 is 0 Å². The van der Waals surface area contributed by atoms with E-state index in [2.05, 4.69) is 53.2 Å². The molecule has 0 radical (unpaired) electrons. The summed E-state index contributed by atoms with van der Waals surface area (Å²) in [6.07, 6.45) is 19.0. The predicted octanol–water partition coefficient (Wildman–Crippen LogP) is 5.38. The van der Waals surface area contributed by atoms with E-state index in [1.165, 1.54) is 89.4 Å². The molecule has 8 heteroatoms. The molecule has 3 aliphatic heterocycles. The van der Waals surface area contributed by atoms with Gasteiger partial charge in [-0.05, 0) is 96.3 Å². The second-order valence-corrected chi connectivity index (χ2v) is 12.9. The molecule has 2 bridgehead atoms. The number of rotatable bonds is 17. The number of nitrogens with zero attached hydrogens (tertiary/aromatic N) is 5. The number of anilines is 1. The minimum atomic E-state index is 0.0106. The molecule has 41 heavy (non-hydrogen) atoms. The van der Waals surface area contributed by atoms with Crippen molar-refractivity contribution in [3.05, 3.63) is 18.0 Å². The van der Waals surface area contributed by atoms with Crippen molar-refractivity contribution in [1.82, 2.24) is 25.1 Å². The van der Waals surface area contributed by atoms with E-state index in [1.54, 1.807) is 0 Å². The number of aromatic nitrogens is 2. The Morgan fingerprint density at radius 2 is 1.56 bits per heavy atom. The molecule has 8 nitrogen and oxygen atoms in total. The van der Waals surface area contributed by atoms with Crippen molar-refractivity contribution in [2.75, 3.05) is 50.8 Å². The highest BCUT2D eigenvalue weighted by Crippen LogP contribution is 2.35. The number of nitrogens with one attached hydrogen (secondary N) is 1. The van der Waals surface area contributed by atoms with Crippen LogP contribution in [0.5, 0.6) is 0 Å². The average Bonchev–Trinajstić information content (AvgIpc) is 3.27. The summed E-state index contributed by atoms with van der Waals surface area (Å²) in [4.78, 5) is 29.4. The summed E-state index contributed by atoms with van der Waals surface area (Å²) in [6, 6.07) is 1.82. The number of fused-ring (bicyclic) bond motifs is 2. The molecule has 1 amide bonds. The van der Waals surface area contributed by atoms with Crippen molar-refractivity contribution in [2.45, 2.75) is 135 Å². The van der Waals surface area contributed by atoms with Crippen molar-refractivity contribution < 1.29 is 9.53 Å². The summed E-state index contributed by atoms with van der Waals surface area (Å²) >= 11 is 0. The Kier molecular flexibility index (Phi) is 13.1. The summed E-state index contributed by atoms with van der Waals surface area (Å²) < 4.78 is 5.47. The zero-order valence-corrected chi connectivity index (χ0v) is 26.5. The Balaban J connectivity index is 1.05. The van der Waals surface area contributed by atoms with Gasteiger partial charge in [-0.1, -0.05) is 39.5 Å². The van der Waals surface area contributed by atoms with Gasteiger partial charge in [0.1, 0.15) is 6.61 Å². The molecule has 0 aromatic carbocycles. The van der Waals surface area contributed by atoms with Gasteiger partial charge in [-0.15, -0.1) is 0 Å². The summed E-state index contributed by atoms with van der Waals surface area (Å²) in [7, 11) is 0. The molecule has 1 aromatic rings. The number of piperidine rings is 1. The van der Waals surface area contributed by atoms with Gasteiger partial charge in [0.25, 0.3) is 0 Å². The third kappa shape index (κ3) is 9.62. The summed E-state index contributed by atoms with van der Waals surface area (Å²) in [5.74, 6) is 1.57. The van der Waals surface area contributed by atoms with Crippen LogP contribution in [0, 0.1) is 0 Å². The van der Waals surface area contributed by atoms with E-state index in [1.807, 2.05) is 6.92 Å². The fourth-order valence-corrected chi connectivity index (χ4v) is 6.83. The molecule has 4 rings (SSSR count). The van der Waals surface area contributed by atoms with Gasteiger partial charge >= 0.3 is 0 Å². The maximum Gasteiger partial charge on any atom is 0.246 e. The molecule has 1 aromatic heterocycles. The normalized spacial score (nSPS) is 23.6. The van der Waals surface area contributed by atoms with Gasteiger partial charge in [-0.3, -0.25) is 9.69 Å². The Morgan fingerprint density at radius 3 is 2.20 bits per heavy atom. The number of hydrogen-bond donors (Lipinski definition) is 1. The van der Waals surface area contributed by atoms with E-state index in [-0.39, 0.29) is 18.6 Å². The number of unbranched alkanes of at least 4 members (excludes halogenated alkanes) is 5. The quantitative estimate of drug-likeness (QED) is 0.252. The molecular weight excluding hydrogens is 512 g/mol. The Morgan fingerprint density at radius 1 is 0.927 bits per heavy atom. The van der Waals surface area contributed by atoms with Crippen LogP contribution in [-0.2, 0) is 9.53 Å². The predicted molar refractivity (Wildman–Crippen MR) is 167 cm³/mol. The highest BCUT2D eigenvalue weighted by Gasteiger charge is 2.42. The van der Waals surface area contributed by atoms with Gasteiger partial charge in [0.2, 0.25) is 11.9 Å². The summed E-state index contributed by atoms with van der Waals surface area (Å²) in [5, 5.41) is 2.97. The van der Waals surface area contributed by atoms with E-state index in [4.69, 9.17) is 14.7 Å². The van der Waals surface area contributed by atoms with Crippen LogP contribution in [0.1, 0.15) is 116 Å². The van der Waals surface area contributed by atoms with Crippen molar-refractivity contribution in [3.8, 4) is 0 Å². The van der Waals surface area contributed by atoms with Crippen LogP contribution in [0.3, 0.4) is 0 Å². The van der Waals surface area contributed by atoms with Crippen LogP contribution in [0.25, 0.3) is 0 Å². The average molecular weight is 571 g/mol. The zero-order valence-electron chi connectivity index (χ0n) is 26.5. The Labute approximate surface area is 250 Å². The molecule has 0 saturated carbocycles. The second-order valence-electron chi connectivity index (χ2n) is 12.9. The van der Waals surface area contributed by atoms with Crippen molar-refractivity contribution >= 4 is 11.9 Å². The van der Waals surface area contributed by atoms with Gasteiger partial charge in [-0.2, -0.15) is 0 Å². The monoisotopic (exact) mass is 570 g/mol. The molecule has 4 unspecified atom stereocenters. The third-order valence-electron chi connectivity index (χ3n) is 9.97. The van der Waals surface area contributed by atoms with E-state index in [0.29, 0.717) is 24.0 Å². The molecule has 4 atom stereocenters. The van der Waals surface area contributed by atoms with Crippen molar-refractivity contribution in [3.63, 3.8) is 0 Å². The number of hydrogen-bond acceptors (Lipinski definition) is 7. The number of amides is 1. The fraction of sp³-hybridized carbons (Fsp3) is 0.848. The molecule has 4 heterocycles. The lowest BCUT2D eigenvalue weighted by Gasteiger charge is -2.43. The van der Waals surface area contributed by atoms with Gasteiger partial charge in [0.15, 0.2) is 0 Å². The molecular formula is C33H58N6O2. The van der Waals surface area contributed by atoms with Crippen molar-refractivity contribution in [1.29, 1.82) is 0 Å². The van der Waals surface area contributed by atoms with Gasteiger partial charge in [0, 0.05) is 50.2 Å². The van der Waals surface area contributed by atoms with E-state index >= 15 is 0 Å². The van der Waals surface area contributed by atoms with Crippen LogP contribution in [-0.4, -0.2) is 95.8 Å². The lowest BCUT2D eigenvalue weighted by atomic mass is 9.91. The molecule has 1 N–H and O–H groups in total. The van der Waals surface area contributed by atoms with Crippen LogP contribution in [0.2, 0.25) is 0 Å². The second kappa shape index (κ2) is 16.8. The first-order valence-corrected chi connectivity index (χ1v) is 16.9. The SMILES string of the molecule is CCC(C)OCC(=O)NCCCCCCCCN1CCC(c2cnc(N3C4CCC3CN(C(C)CC)C4)nc2)CC1. The van der Waals surface area contributed by atoms with Crippen LogP contribution >= 0.6 is 0 Å². The zero-order chi connectivity index (χ0) is 29.0. The standard InChI is InChI=1S/C33H58N6O2/c1-5-26(3)38-23-30-13-14-31(24-38)39(30)33-35-21-29(22-36-33)28-15-19-37(20-16-28)18-12-10-8-7-9-11-17-34-32(40)25-41-27(4)6-2/h21-22,26-28,30-31H,5-20,23-25H2,1-4H3,(H,34,40). The van der Waals surface area contributed by atoms with Gasteiger partial charge < -0.3 is 19.9 Å². The van der Waals surface area contributed by atoms with Gasteiger partial charge in [0.05, 0.1) is 6.10 Å². The number of carbonyl (C=O) groups excluding carboxylic acids is 1. The van der Waals surface area contributed by atoms with E-state index in [9.17, 15) is 4.79 Å². The minimum absolute atomic E-state index is 0.0106. The molecule has 0 spiro atoms. The smallest absolute Gasteiger partial charge is 0.246 e. The highest BCUT2D eigenvalue weighted by atomic mass is 16.5. The lowest BCUT2D eigenvalue weighted by molar-refractivity contribution is -0.127. The first-order valence-electron chi connectivity index (χ1n) is 16.9. The maximum absolute atomic E-state index is 11.8. The minimum Gasteiger partial charge on any atom is -0.369 e. The Hall–Kier alpha value is -1.77. The number of piperazine rings is 1. The maximum atomic E-state index is 11.8. The molecule has 0 aliphatic carbocycles. The fourth-order valence-electron chi connectivity index (χ4n) is 6.83. The summed E-state index contributed by atoms with van der Waals surface area (Å²) in [6.45, 7) is 15.6. The number of likely N-dealkylation sites (tertiary alicyclic amines) is 2. The number of carbonyl (C=O) groups is 1. The summed E-state index contributed by atoms with van der Waals surface area (Å²) in [5.41, 5.74) is 1.33. The van der Waals surface area contributed by atoms with Crippen LogP contribution in [0.4, 0.5) is 5.95 Å². The first kappa shape index (κ1) is 32.2. The van der Waals surface area contributed by atoms with Crippen LogP contribution in [0.15, 0.2) is 12.4 Å². The largest absolute Gasteiger partial charge is 0.369 e. The van der Waals surface area contributed by atoms with Crippen LogP contribution < -0.4 is 10.2 Å². The lowest BCUT2D eigenvalue weighted by Crippen LogP contribution is -2.56. The van der Waals surface area contributed by atoms with Crippen molar-refractivity contribution in [2.24, 2.45) is 0 Å². The Bertz CT molecular complexity index is 876. The third-order valence-corrected chi connectivity index (χ3v) is 9.97. The molecule has 232 valence electrons. The first-order chi connectivity index (χ1) is 20.0. The topological polar surface area (TPSA) is 73.8 Å².